The maximum Gasteiger partial charge on any atom is 0.231 e. The molecule has 156 valence electrons. The van der Waals surface area contributed by atoms with Gasteiger partial charge in [-0.2, -0.15) is 0 Å². The summed E-state index contributed by atoms with van der Waals surface area (Å²) in [6.07, 6.45) is 3.94. The highest BCUT2D eigenvalue weighted by Gasteiger charge is 2.58. The monoisotopic (exact) mass is 406 g/mol. The molecule has 1 spiro atoms. The topological polar surface area (TPSA) is 67.9 Å². The van der Waals surface area contributed by atoms with Gasteiger partial charge in [-0.1, -0.05) is 24.3 Å². The van der Waals surface area contributed by atoms with Gasteiger partial charge in [0.25, 0.3) is 0 Å². The number of nitrogens with one attached hydrogen (secondary N) is 1. The van der Waals surface area contributed by atoms with Gasteiger partial charge in [0.1, 0.15) is 0 Å². The van der Waals surface area contributed by atoms with Crippen LogP contribution < -0.4 is 14.8 Å². The van der Waals surface area contributed by atoms with Crippen molar-refractivity contribution in [1.29, 1.82) is 0 Å². The number of nitrogens with zero attached hydrogens (tertiary/aromatic N) is 1. The Kier molecular flexibility index (Phi) is 4.85. The van der Waals surface area contributed by atoms with Gasteiger partial charge in [0, 0.05) is 31.1 Å². The van der Waals surface area contributed by atoms with E-state index in [4.69, 9.17) is 9.47 Å². The lowest BCUT2D eigenvalue weighted by molar-refractivity contribution is -0.132. The summed E-state index contributed by atoms with van der Waals surface area (Å²) in [7, 11) is 0. The van der Waals surface area contributed by atoms with E-state index in [0.717, 1.165) is 55.1 Å². The molecule has 30 heavy (non-hydrogen) atoms. The summed E-state index contributed by atoms with van der Waals surface area (Å²) in [5, 5.41) is 3.03. The molecule has 2 aromatic carbocycles. The lowest BCUT2D eigenvalue weighted by Crippen LogP contribution is -2.40. The van der Waals surface area contributed by atoms with E-state index in [9.17, 15) is 9.59 Å². The van der Waals surface area contributed by atoms with E-state index in [-0.39, 0.29) is 29.9 Å². The summed E-state index contributed by atoms with van der Waals surface area (Å²) in [5.41, 5.74) is 2.02. The molecule has 2 amide bonds. The van der Waals surface area contributed by atoms with E-state index in [1.807, 2.05) is 53.4 Å². The molecule has 3 aliphatic rings. The van der Waals surface area contributed by atoms with Gasteiger partial charge >= 0.3 is 0 Å². The fourth-order valence-electron chi connectivity index (χ4n) is 4.73. The Balaban J connectivity index is 1.09. The normalized spacial score (nSPS) is 20.8. The first-order chi connectivity index (χ1) is 14.6. The van der Waals surface area contributed by atoms with E-state index in [1.165, 1.54) is 0 Å². The average molecular weight is 406 g/mol. The predicted octanol–water partition coefficient (Wildman–Crippen LogP) is 3.62. The Morgan fingerprint density at radius 3 is 2.60 bits per heavy atom. The molecular formula is C24H26N2O4. The standard InChI is InChI=1S/C24H26N2O4/c27-22(9-7-17-6-8-20-21(14-17)30-16-29-20)26-12-10-24(11-13-26)15-19(24)23(28)25-18-4-2-1-3-5-18/h1-6,8,14,19H,7,9-13,15-16H2,(H,25,28)/t19-/m1/s1. The molecule has 0 bridgehead atoms. The number of piperidine rings is 1. The van der Waals surface area contributed by atoms with Gasteiger partial charge in [-0.05, 0) is 60.9 Å². The third-order valence-corrected chi connectivity index (χ3v) is 6.72. The summed E-state index contributed by atoms with van der Waals surface area (Å²) in [6, 6.07) is 15.5. The van der Waals surface area contributed by atoms with Crippen LogP contribution in [0.4, 0.5) is 5.69 Å². The van der Waals surface area contributed by atoms with Crippen LogP contribution in [0.1, 0.15) is 31.2 Å². The number of benzene rings is 2. The summed E-state index contributed by atoms with van der Waals surface area (Å²) >= 11 is 0. The van der Waals surface area contributed by atoms with Crippen molar-refractivity contribution in [2.75, 3.05) is 25.2 Å². The van der Waals surface area contributed by atoms with Gasteiger partial charge < -0.3 is 19.7 Å². The minimum atomic E-state index is 0.0728. The van der Waals surface area contributed by atoms with Crippen molar-refractivity contribution in [3.63, 3.8) is 0 Å². The van der Waals surface area contributed by atoms with Crippen LogP contribution in [0.2, 0.25) is 0 Å². The number of para-hydroxylation sites is 1. The van der Waals surface area contributed by atoms with Crippen molar-refractivity contribution in [3.8, 4) is 11.5 Å². The zero-order chi connectivity index (χ0) is 20.6. The van der Waals surface area contributed by atoms with Crippen LogP contribution in [0, 0.1) is 11.3 Å². The number of carbonyl (C=O) groups is 2. The van der Waals surface area contributed by atoms with E-state index in [0.29, 0.717) is 12.8 Å². The number of hydrogen-bond acceptors (Lipinski definition) is 4. The Morgan fingerprint density at radius 1 is 1.03 bits per heavy atom. The van der Waals surface area contributed by atoms with Gasteiger partial charge in [-0.15, -0.1) is 0 Å². The van der Waals surface area contributed by atoms with Gasteiger partial charge in [-0.25, -0.2) is 0 Å². The first-order valence-corrected chi connectivity index (χ1v) is 10.7. The molecule has 1 aliphatic carbocycles. The molecule has 0 unspecified atom stereocenters. The zero-order valence-corrected chi connectivity index (χ0v) is 16.9. The van der Waals surface area contributed by atoms with Gasteiger partial charge in [0.05, 0.1) is 0 Å². The summed E-state index contributed by atoms with van der Waals surface area (Å²) < 4.78 is 10.7. The van der Waals surface area contributed by atoms with Gasteiger partial charge in [0.2, 0.25) is 18.6 Å². The minimum absolute atomic E-state index is 0.0728. The number of hydrogen-bond donors (Lipinski definition) is 1. The second kappa shape index (κ2) is 7.67. The molecule has 6 heteroatoms. The molecule has 2 aromatic rings. The summed E-state index contributed by atoms with van der Waals surface area (Å²) in [6.45, 7) is 1.75. The van der Waals surface area contributed by atoms with Crippen LogP contribution in [-0.2, 0) is 16.0 Å². The van der Waals surface area contributed by atoms with Crippen molar-refractivity contribution in [3.05, 3.63) is 54.1 Å². The highest BCUT2D eigenvalue weighted by molar-refractivity contribution is 5.95. The third kappa shape index (κ3) is 3.74. The van der Waals surface area contributed by atoms with Gasteiger partial charge in [0.15, 0.2) is 11.5 Å². The van der Waals surface area contributed by atoms with Crippen molar-refractivity contribution in [1.82, 2.24) is 4.90 Å². The number of fused-ring (bicyclic) bond motifs is 1. The second-order valence-corrected chi connectivity index (χ2v) is 8.54. The molecule has 1 saturated heterocycles. The van der Waals surface area contributed by atoms with Crippen LogP contribution in [0.15, 0.2) is 48.5 Å². The van der Waals surface area contributed by atoms with Crippen LogP contribution in [0.25, 0.3) is 0 Å². The van der Waals surface area contributed by atoms with Crippen molar-refractivity contribution < 1.29 is 19.1 Å². The molecule has 0 radical (unpaired) electrons. The van der Waals surface area contributed by atoms with Crippen molar-refractivity contribution in [2.45, 2.75) is 32.1 Å². The average Bonchev–Trinajstić information content (AvgIpc) is 3.26. The summed E-state index contributed by atoms with van der Waals surface area (Å²) in [5.74, 6) is 1.90. The van der Waals surface area contributed by atoms with E-state index < -0.39 is 0 Å². The third-order valence-electron chi connectivity index (χ3n) is 6.72. The van der Waals surface area contributed by atoms with E-state index in [1.54, 1.807) is 0 Å². The molecular weight excluding hydrogens is 380 g/mol. The Morgan fingerprint density at radius 2 is 1.80 bits per heavy atom. The Bertz CT molecular complexity index is 951. The van der Waals surface area contributed by atoms with Gasteiger partial charge in [-0.3, -0.25) is 9.59 Å². The highest BCUT2D eigenvalue weighted by Crippen LogP contribution is 2.59. The van der Waals surface area contributed by atoms with E-state index in [2.05, 4.69) is 5.32 Å². The quantitative estimate of drug-likeness (QED) is 0.824. The van der Waals surface area contributed by atoms with Crippen LogP contribution in [0.3, 0.4) is 0 Å². The number of ether oxygens (including phenoxy) is 2. The molecule has 0 aromatic heterocycles. The molecule has 1 N–H and O–H groups in total. The molecule has 2 fully saturated rings. The maximum absolute atomic E-state index is 12.7. The second-order valence-electron chi connectivity index (χ2n) is 8.54. The zero-order valence-electron chi connectivity index (χ0n) is 16.9. The fourth-order valence-corrected chi connectivity index (χ4v) is 4.73. The number of amides is 2. The van der Waals surface area contributed by atoms with Crippen molar-refractivity contribution in [2.24, 2.45) is 11.3 Å². The SMILES string of the molecule is O=C(Nc1ccccc1)[C@H]1CC12CCN(C(=O)CCc1ccc3c(c1)OCO3)CC2. The lowest BCUT2D eigenvalue weighted by Gasteiger charge is -2.33. The molecule has 1 atom stereocenters. The number of likely N-dealkylation sites (tertiary alicyclic amines) is 1. The molecule has 2 aliphatic heterocycles. The molecule has 1 saturated carbocycles. The minimum Gasteiger partial charge on any atom is -0.454 e. The van der Waals surface area contributed by atoms with Crippen LogP contribution >= 0.6 is 0 Å². The largest absolute Gasteiger partial charge is 0.454 e. The Hall–Kier alpha value is -3.02. The van der Waals surface area contributed by atoms with Crippen molar-refractivity contribution >= 4 is 17.5 Å². The highest BCUT2D eigenvalue weighted by atomic mass is 16.7. The molecule has 2 heterocycles. The number of rotatable bonds is 5. The van der Waals surface area contributed by atoms with Crippen LogP contribution in [0.5, 0.6) is 11.5 Å². The first kappa shape index (κ1) is 19.0. The number of aryl methyl sites for hydroxylation is 1. The first-order valence-electron chi connectivity index (χ1n) is 10.7. The summed E-state index contributed by atoms with van der Waals surface area (Å²) in [4.78, 5) is 27.2. The Labute approximate surface area is 176 Å². The number of anilines is 1. The molecule has 5 rings (SSSR count). The predicted molar refractivity (Wildman–Crippen MR) is 112 cm³/mol. The lowest BCUT2D eigenvalue weighted by atomic mass is 9.90. The maximum atomic E-state index is 12.7. The van der Waals surface area contributed by atoms with E-state index >= 15 is 0 Å². The fraction of sp³-hybridized carbons (Fsp3) is 0.417. The smallest absolute Gasteiger partial charge is 0.231 e. The number of carbonyl (C=O) groups excluding carboxylic acids is 2. The molecule has 6 nitrogen and oxygen atoms in total. The van der Waals surface area contributed by atoms with Crippen LogP contribution in [-0.4, -0.2) is 36.6 Å².